The van der Waals surface area contributed by atoms with Gasteiger partial charge in [0.1, 0.15) is 19.2 Å². The van der Waals surface area contributed by atoms with Crippen LogP contribution in [0.2, 0.25) is 36.0 Å². The van der Waals surface area contributed by atoms with Crippen molar-refractivity contribution in [1.29, 1.82) is 0 Å². The van der Waals surface area contributed by atoms with Gasteiger partial charge in [-0.2, -0.15) is 9.97 Å². The van der Waals surface area contributed by atoms with E-state index in [2.05, 4.69) is 34.9 Å². The molecule has 4 rings (SSSR count). The number of carbonyl (C=O) groups is 1. The summed E-state index contributed by atoms with van der Waals surface area (Å²) < 4.78 is 13.4. The van der Waals surface area contributed by atoms with Crippen molar-refractivity contribution in [2.75, 3.05) is 18.5 Å². The van der Waals surface area contributed by atoms with Gasteiger partial charge >= 0.3 is 6.09 Å². The van der Waals surface area contributed by atoms with Crippen molar-refractivity contribution in [3.05, 3.63) is 52.4 Å². The molecule has 8 nitrogen and oxygen atoms in total. The Morgan fingerprint density at radius 3 is 2.65 bits per heavy atom. The Bertz CT molecular complexity index is 1220. The van der Waals surface area contributed by atoms with Gasteiger partial charge < -0.3 is 24.3 Å². The molecular formula is C26H35Cl2N5O3Si. The summed E-state index contributed by atoms with van der Waals surface area (Å²) in [5.74, 6) is 0.554. The minimum absolute atomic E-state index is 0.0398. The summed E-state index contributed by atoms with van der Waals surface area (Å²) >= 11 is 12.9. The van der Waals surface area contributed by atoms with Crippen LogP contribution in [-0.2, 0) is 22.8 Å². The Morgan fingerprint density at radius 1 is 1.16 bits per heavy atom. The molecule has 11 heteroatoms. The number of amides is 1. The maximum atomic E-state index is 12.9. The van der Waals surface area contributed by atoms with E-state index in [9.17, 15) is 4.79 Å². The van der Waals surface area contributed by atoms with E-state index in [0.29, 0.717) is 41.8 Å². The number of piperidine rings is 1. The first-order valence-electron chi connectivity index (χ1n) is 12.6. The molecule has 1 aliphatic rings. The molecule has 3 heterocycles. The first kappa shape index (κ1) is 27.7. The molecule has 2 atom stereocenters. The zero-order valence-corrected chi connectivity index (χ0v) is 24.3. The van der Waals surface area contributed by atoms with E-state index >= 15 is 0 Å². The molecule has 1 fully saturated rings. The largest absolute Gasteiger partial charge is 0.445 e. The quantitative estimate of drug-likeness (QED) is 0.178. The summed E-state index contributed by atoms with van der Waals surface area (Å²) in [7, 11) is -1.18. The van der Waals surface area contributed by atoms with Gasteiger partial charge in [0, 0.05) is 39.5 Å². The van der Waals surface area contributed by atoms with Crippen LogP contribution in [0.15, 0.2) is 36.5 Å². The van der Waals surface area contributed by atoms with Crippen molar-refractivity contribution in [2.24, 2.45) is 0 Å². The number of rotatable bonds is 9. The Morgan fingerprint density at radius 2 is 1.92 bits per heavy atom. The van der Waals surface area contributed by atoms with Gasteiger partial charge in [-0.3, -0.25) is 0 Å². The standard InChI is InChI=1S/C26H35Cl2N5O3Si/c1-18-10-11-20(14-33(18)26(34)36-16-19-8-6-5-7-9-19)29-23-22-21(27)15-32(24(22)31-25(28)30-23)17-35-12-13-37(2,3)4/h5-9,15,18,20H,10-14,16-17H2,1-4H3,(H,29,30,31)/t18-,20+/m0/s1. The molecule has 1 N–H and O–H groups in total. The highest BCUT2D eigenvalue weighted by atomic mass is 35.5. The lowest BCUT2D eigenvalue weighted by Gasteiger charge is -2.37. The van der Waals surface area contributed by atoms with Crippen LogP contribution < -0.4 is 5.32 Å². The third-order valence-electron chi connectivity index (χ3n) is 6.53. The zero-order chi connectivity index (χ0) is 26.6. The minimum Gasteiger partial charge on any atom is -0.445 e. The smallest absolute Gasteiger partial charge is 0.410 e. The molecule has 1 saturated heterocycles. The molecule has 0 saturated carbocycles. The number of ether oxygens (including phenoxy) is 2. The maximum absolute atomic E-state index is 12.9. The Labute approximate surface area is 229 Å². The number of halogens is 2. The lowest BCUT2D eigenvalue weighted by molar-refractivity contribution is 0.0696. The number of likely N-dealkylation sites (tertiary alicyclic amines) is 1. The number of fused-ring (bicyclic) bond motifs is 1. The van der Waals surface area contributed by atoms with Crippen molar-refractivity contribution in [2.45, 2.75) is 70.9 Å². The van der Waals surface area contributed by atoms with E-state index in [1.165, 1.54) is 0 Å². The van der Waals surface area contributed by atoms with E-state index in [1.807, 2.05) is 41.8 Å². The minimum atomic E-state index is -1.18. The summed E-state index contributed by atoms with van der Waals surface area (Å²) in [6.07, 6.45) is 3.17. The van der Waals surface area contributed by atoms with Crippen molar-refractivity contribution in [3.8, 4) is 0 Å². The van der Waals surface area contributed by atoms with Gasteiger partial charge in [0.25, 0.3) is 0 Å². The van der Waals surface area contributed by atoms with E-state index in [-0.39, 0.29) is 30.1 Å². The second-order valence-corrected chi connectivity index (χ2v) is 17.2. The number of nitrogens with one attached hydrogen (secondary N) is 1. The molecule has 0 aliphatic carbocycles. The van der Waals surface area contributed by atoms with Gasteiger partial charge in [-0.15, -0.1) is 0 Å². The van der Waals surface area contributed by atoms with Crippen LogP contribution in [-0.4, -0.2) is 58.8 Å². The third-order valence-corrected chi connectivity index (χ3v) is 8.69. The van der Waals surface area contributed by atoms with Crippen LogP contribution in [0.25, 0.3) is 11.0 Å². The fourth-order valence-corrected chi connectivity index (χ4v) is 5.54. The van der Waals surface area contributed by atoms with Crippen LogP contribution in [0.3, 0.4) is 0 Å². The number of benzene rings is 1. The van der Waals surface area contributed by atoms with Gasteiger partial charge in [-0.05, 0) is 43.0 Å². The lowest BCUT2D eigenvalue weighted by atomic mass is 10.00. The topological polar surface area (TPSA) is 81.5 Å². The zero-order valence-electron chi connectivity index (χ0n) is 21.8. The number of aromatic nitrogens is 3. The molecule has 0 unspecified atom stereocenters. The molecule has 1 aliphatic heterocycles. The van der Waals surface area contributed by atoms with Crippen molar-refractivity contribution in [3.63, 3.8) is 0 Å². The predicted molar refractivity (Wildman–Crippen MR) is 151 cm³/mol. The Kier molecular flexibility index (Phi) is 9.00. The molecule has 3 aromatic rings. The van der Waals surface area contributed by atoms with Crippen LogP contribution in [0, 0.1) is 0 Å². The van der Waals surface area contributed by atoms with E-state index in [1.54, 1.807) is 11.1 Å². The lowest BCUT2D eigenvalue weighted by Crippen LogP contribution is -2.49. The molecule has 0 spiro atoms. The normalized spacial score (nSPS) is 18.3. The average Bonchev–Trinajstić information content (AvgIpc) is 3.16. The number of nitrogens with zero attached hydrogens (tertiary/aromatic N) is 4. The van der Waals surface area contributed by atoms with Gasteiger partial charge in [0.05, 0.1) is 10.4 Å². The molecule has 1 aromatic carbocycles. The number of carbonyl (C=O) groups excluding carboxylic acids is 1. The van der Waals surface area contributed by atoms with E-state index < -0.39 is 8.07 Å². The summed E-state index contributed by atoms with van der Waals surface area (Å²) in [6, 6.07) is 10.8. The second-order valence-electron chi connectivity index (χ2n) is 10.8. The molecule has 0 radical (unpaired) electrons. The first-order valence-corrected chi connectivity index (χ1v) is 17.1. The first-order chi connectivity index (χ1) is 17.6. The van der Waals surface area contributed by atoms with Gasteiger partial charge in [-0.25, -0.2) is 4.79 Å². The molecule has 1 amide bonds. The highest BCUT2D eigenvalue weighted by Gasteiger charge is 2.31. The third kappa shape index (κ3) is 7.37. The monoisotopic (exact) mass is 563 g/mol. The highest BCUT2D eigenvalue weighted by Crippen LogP contribution is 2.33. The average molecular weight is 565 g/mol. The maximum Gasteiger partial charge on any atom is 0.410 e. The Balaban J connectivity index is 1.44. The van der Waals surface area contributed by atoms with Gasteiger partial charge in [-0.1, -0.05) is 61.6 Å². The van der Waals surface area contributed by atoms with E-state index in [4.69, 9.17) is 32.7 Å². The van der Waals surface area contributed by atoms with E-state index in [0.717, 1.165) is 24.4 Å². The van der Waals surface area contributed by atoms with Crippen LogP contribution in [0.4, 0.5) is 10.6 Å². The summed E-state index contributed by atoms with van der Waals surface area (Å²) in [6.45, 7) is 10.7. The van der Waals surface area contributed by atoms with Gasteiger partial charge in [0.2, 0.25) is 5.28 Å². The fraction of sp³-hybridized carbons (Fsp3) is 0.500. The van der Waals surface area contributed by atoms with Gasteiger partial charge in [0.15, 0.2) is 5.65 Å². The summed E-state index contributed by atoms with van der Waals surface area (Å²) in [4.78, 5) is 23.5. The molecule has 2 aromatic heterocycles. The van der Waals surface area contributed by atoms with Crippen molar-refractivity contribution in [1.82, 2.24) is 19.4 Å². The molecule has 0 bridgehead atoms. The number of hydrogen-bond donors (Lipinski definition) is 1. The second kappa shape index (κ2) is 12.0. The van der Waals surface area contributed by atoms with Crippen LogP contribution in [0.1, 0.15) is 25.3 Å². The molecular weight excluding hydrogens is 529 g/mol. The van der Waals surface area contributed by atoms with Crippen molar-refractivity contribution >= 4 is 54.2 Å². The Hall–Kier alpha value is -2.33. The SMILES string of the molecule is C[C@H]1CC[C@@H](Nc2nc(Cl)nc3c2c(Cl)cn3COCC[Si](C)(C)C)CN1C(=O)OCc1ccccc1. The molecule has 37 heavy (non-hydrogen) atoms. The van der Waals surface area contributed by atoms with Crippen molar-refractivity contribution < 1.29 is 14.3 Å². The number of anilines is 1. The number of hydrogen-bond acceptors (Lipinski definition) is 6. The van der Waals surface area contributed by atoms with Crippen LogP contribution in [0.5, 0.6) is 0 Å². The fourth-order valence-electron chi connectivity index (χ4n) is 4.33. The summed E-state index contributed by atoms with van der Waals surface area (Å²) in [5, 5.41) is 4.80. The van der Waals surface area contributed by atoms with Crippen LogP contribution >= 0.6 is 23.2 Å². The summed E-state index contributed by atoms with van der Waals surface area (Å²) in [5.41, 5.74) is 1.57. The highest BCUT2D eigenvalue weighted by molar-refractivity contribution is 6.76. The molecule has 200 valence electrons. The predicted octanol–water partition coefficient (Wildman–Crippen LogP) is 6.65.